The zero-order chi connectivity index (χ0) is 14.1. The first kappa shape index (κ1) is 16.5. The summed E-state index contributed by atoms with van der Waals surface area (Å²) < 4.78 is 0. The topological polar surface area (TPSA) is 40.5 Å². The summed E-state index contributed by atoms with van der Waals surface area (Å²) in [6.45, 7) is 4.90. The highest BCUT2D eigenvalue weighted by Gasteiger charge is 2.29. The molecule has 1 rings (SSSR count). The van der Waals surface area contributed by atoms with Crippen molar-refractivity contribution in [1.29, 1.82) is 0 Å². The van der Waals surface area contributed by atoms with E-state index in [0.717, 1.165) is 38.5 Å². The summed E-state index contributed by atoms with van der Waals surface area (Å²) in [5.74, 6) is 0.466. The molecule has 1 aliphatic carbocycles. The molecule has 0 aromatic heterocycles. The predicted molar refractivity (Wildman–Crippen MR) is 79.0 cm³/mol. The van der Waals surface area contributed by atoms with Crippen LogP contribution in [-0.2, 0) is 4.79 Å². The Morgan fingerprint density at radius 2 is 1.74 bits per heavy atom. The van der Waals surface area contributed by atoms with E-state index in [2.05, 4.69) is 13.8 Å². The van der Waals surface area contributed by atoms with Gasteiger partial charge in [0.05, 0.1) is 6.61 Å². The lowest BCUT2D eigenvalue weighted by Gasteiger charge is -2.36. The summed E-state index contributed by atoms with van der Waals surface area (Å²) in [7, 11) is 0. The quantitative estimate of drug-likeness (QED) is 0.734. The van der Waals surface area contributed by atoms with Crippen LogP contribution in [0.15, 0.2) is 0 Å². The SMILES string of the molecule is CCCC(CCC)C(=O)N(CCO)C1CCCCC1. The number of carbonyl (C=O) groups is 1. The molecular weight excluding hydrogens is 238 g/mol. The van der Waals surface area contributed by atoms with Gasteiger partial charge in [0.2, 0.25) is 5.91 Å². The fourth-order valence-corrected chi connectivity index (χ4v) is 3.30. The Morgan fingerprint density at radius 1 is 1.16 bits per heavy atom. The predicted octanol–water partition coefficient (Wildman–Crippen LogP) is 3.36. The van der Waals surface area contributed by atoms with Gasteiger partial charge in [-0.1, -0.05) is 46.0 Å². The van der Waals surface area contributed by atoms with Crippen LogP contribution in [0.1, 0.15) is 71.6 Å². The van der Waals surface area contributed by atoms with Crippen molar-refractivity contribution in [3.63, 3.8) is 0 Å². The maximum absolute atomic E-state index is 12.7. The number of rotatable bonds is 8. The number of amides is 1. The molecule has 1 N–H and O–H groups in total. The first-order valence-corrected chi connectivity index (χ1v) is 8.15. The molecule has 1 saturated carbocycles. The number of aliphatic hydroxyl groups is 1. The Hall–Kier alpha value is -0.570. The normalized spacial score (nSPS) is 16.8. The van der Waals surface area contributed by atoms with Gasteiger partial charge in [0.15, 0.2) is 0 Å². The fraction of sp³-hybridized carbons (Fsp3) is 0.938. The molecule has 0 saturated heterocycles. The lowest BCUT2D eigenvalue weighted by molar-refractivity contribution is -0.139. The first-order chi connectivity index (χ1) is 9.24. The Kier molecular flexibility index (Phi) is 8.11. The van der Waals surface area contributed by atoms with Crippen LogP contribution < -0.4 is 0 Å². The van der Waals surface area contributed by atoms with Crippen LogP contribution >= 0.6 is 0 Å². The minimum atomic E-state index is 0.0905. The van der Waals surface area contributed by atoms with Crippen LogP contribution in [0.4, 0.5) is 0 Å². The molecule has 0 aliphatic heterocycles. The molecule has 0 unspecified atom stereocenters. The number of carbonyl (C=O) groups excluding carboxylic acids is 1. The minimum absolute atomic E-state index is 0.0905. The molecule has 1 amide bonds. The highest BCUT2D eigenvalue weighted by atomic mass is 16.3. The molecule has 19 heavy (non-hydrogen) atoms. The Labute approximate surface area is 118 Å². The average molecular weight is 269 g/mol. The van der Waals surface area contributed by atoms with E-state index >= 15 is 0 Å². The van der Waals surface area contributed by atoms with Gasteiger partial charge in [0.25, 0.3) is 0 Å². The van der Waals surface area contributed by atoms with E-state index in [9.17, 15) is 9.90 Å². The van der Waals surface area contributed by atoms with E-state index in [1.54, 1.807) is 0 Å². The molecule has 0 heterocycles. The third-order valence-electron chi connectivity index (χ3n) is 4.26. The van der Waals surface area contributed by atoms with Gasteiger partial charge in [-0.2, -0.15) is 0 Å². The second kappa shape index (κ2) is 9.35. The fourth-order valence-electron chi connectivity index (χ4n) is 3.30. The maximum atomic E-state index is 12.7. The van der Waals surface area contributed by atoms with Gasteiger partial charge in [0, 0.05) is 18.5 Å². The number of aliphatic hydroxyl groups excluding tert-OH is 1. The van der Waals surface area contributed by atoms with E-state index in [1.807, 2.05) is 4.90 Å². The smallest absolute Gasteiger partial charge is 0.226 e. The van der Waals surface area contributed by atoms with E-state index in [1.165, 1.54) is 19.3 Å². The van der Waals surface area contributed by atoms with Crippen molar-refractivity contribution in [1.82, 2.24) is 4.90 Å². The van der Waals surface area contributed by atoms with Crippen molar-refractivity contribution in [2.75, 3.05) is 13.2 Å². The molecule has 0 radical (unpaired) electrons. The molecular formula is C16H31NO2. The van der Waals surface area contributed by atoms with Gasteiger partial charge in [0.1, 0.15) is 0 Å². The first-order valence-electron chi connectivity index (χ1n) is 8.15. The molecule has 0 atom stereocenters. The van der Waals surface area contributed by atoms with Crippen LogP contribution in [-0.4, -0.2) is 35.1 Å². The summed E-state index contributed by atoms with van der Waals surface area (Å²) in [6, 6.07) is 0.379. The summed E-state index contributed by atoms with van der Waals surface area (Å²) in [5.41, 5.74) is 0. The second-order valence-electron chi connectivity index (χ2n) is 5.82. The minimum Gasteiger partial charge on any atom is -0.395 e. The molecule has 0 bridgehead atoms. The maximum Gasteiger partial charge on any atom is 0.226 e. The van der Waals surface area contributed by atoms with E-state index in [0.29, 0.717) is 18.5 Å². The zero-order valence-electron chi connectivity index (χ0n) is 12.7. The van der Waals surface area contributed by atoms with Crippen molar-refractivity contribution >= 4 is 5.91 Å². The molecule has 0 spiro atoms. The summed E-state index contributed by atoms with van der Waals surface area (Å²) >= 11 is 0. The molecule has 1 aliphatic rings. The van der Waals surface area contributed by atoms with Crippen LogP contribution in [0.25, 0.3) is 0 Å². The van der Waals surface area contributed by atoms with E-state index < -0.39 is 0 Å². The molecule has 3 heteroatoms. The van der Waals surface area contributed by atoms with Crippen molar-refractivity contribution in [2.24, 2.45) is 5.92 Å². The van der Waals surface area contributed by atoms with Crippen LogP contribution in [0, 0.1) is 5.92 Å². The average Bonchev–Trinajstić information content (AvgIpc) is 2.45. The highest BCUT2D eigenvalue weighted by Crippen LogP contribution is 2.26. The Bertz CT molecular complexity index is 243. The molecule has 112 valence electrons. The lowest BCUT2D eigenvalue weighted by atomic mass is 9.91. The van der Waals surface area contributed by atoms with Crippen LogP contribution in [0.5, 0.6) is 0 Å². The largest absolute Gasteiger partial charge is 0.395 e. The van der Waals surface area contributed by atoms with Gasteiger partial charge in [-0.05, 0) is 25.7 Å². The highest BCUT2D eigenvalue weighted by molar-refractivity contribution is 5.79. The molecule has 0 aromatic carbocycles. The van der Waals surface area contributed by atoms with Crippen LogP contribution in [0.3, 0.4) is 0 Å². The Morgan fingerprint density at radius 3 is 2.21 bits per heavy atom. The van der Waals surface area contributed by atoms with Crippen molar-refractivity contribution < 1.29 is 9.90 Å². The summed E-state index contributed by atoms with van der Waals surface area (Å²) in [6.07, 6.45) is 10.1. The monoisotopic (exact) mass is 269 g/mol. The van der Waals surface area contributed by atoms with E-state index in [-0.39, 0.29) is 12.5 Å². The number of hydrogen-bond acceptors (Lipinski definition) is 2. The standard InChI is InChI=1S/C16H31NO2/c1-3-8-14(9-4-2)16(19)17(12-13-18)15-10-6-5-7-11-15/h14-15,18H,3-13H2,1-2H3. The van der Waals surface area contributed by atoms with Crippen molar-refractivity contribution in [2.45, 2.75) is 77.7 Å². The van der Waals surface area contributed by atoms with E-state index in [4.69, 9.17) is 0 Å². The van der Waals surface area contributed by atoms with Crippen molar-refractivity contribution in [3.8, 4) is 0 Å². The zero-order valence-corrected chi connectivity index (χ0v) is 12.7. The van der Waals surface area contributed by atoms with Gasteiger partial charge in [-0.3, -0.25) is 4.79 Å². The summed E-state index contributed by atoms with van der Waals surface area (Å²) in [4.78, 5) is 14.7. The lowest BCUT2D eigenvalue weighted by Crippen LogP contribution is -2.46. The third kappa shape index (κ3) is 5.13. The summed E-state index contributed by atoms with van der Waals surface area (Å²) in [5, 5.41) is 9.26. The number of nitrogens with zero attached hydrogens (tertiary/aromatic N) is 1. The van der Waals surface area contributed by atoms with Gasteiger partial charge in [-0.15, -0.1) is 0 Å². The van der Waals surface area contributed by atoms with Crippen LogP contribution in [0.2, 0.25) is 0 Å². The van der Waals surface area contributed by atoms with Gasteiger partial charge >= 0.3 is 0 Å². The Balaban J connectivity index is 2.68. The second-order valence-corrected chi connectivity index (χ2v) is 5.82. The number of hydrogen-bond donors (Lipinski definition) is 1. The third-order valence-corrected chi connectivity index (χ3v) is 4.26. The molecule has 0 aromatic rings. The van der Waals surface area contributed by atoms with Gasteiger partial charge < -0.3 is 10.0 Å². The molecule has 1 fully saturated rings. The van der Waals surface area contributed by atoms with Gasteiger partial charge in [-0.25, -0.2) is 0 Å². The molecule has 3 nitrogen and oxygen atoms in total. The van der Waals surface area contributed by atoms with Crippen molar-refractivity contribution in [3.05, 3.63) is 0 Å².